The first-order chi connectivity index (χ1) is 10.6. The molecule has 3 aromatic rings. The predicted molar refractivity (Wildman–Crippen MR) is 88.1 cm³/mol. The molecule has 22 heavy (non-hydrogen) atoms. The van der Waals surface area contributed by atoms with Crippen molar-refractivity contribution in [1.29, 1.82) is 0 Å². The van der Waals surface area contributed by atoms with E-state index in [1.807, 2.05) is 30.9 Å². The van der Waals surface area contributed by atoms with Crippen LogP contribution in [0.4, 0.5) is 11.5 Å². The molecule has 0 aliphatic rings. The Morgan fingerprint density at radius 3 is 2.73 bits per heavy atom. The minimum Gasteiger partial charge on any atom is -0.334 e. The number of nitrogens with zero attached hydrogens (tertiary/aromatic N) is 5. The molecule has 6 nitrogen and oxygen atoms in total. The first-order valence-electron chi connectivity index (χ1n) is 7.32. The van der Waals surface area contributed by atoms with Gasteiger partial charge in [0.2, 0.25) is 0 Å². The van der Waals surface area contributed by atoms with Crippen LogP contribution >= 0.6 is 0 Å². The lowest BCUT2D eigenvalue weighted by Gasteiger charge is -2.21. The van der Waals surface area contributed by atoms with Crippen molar-refractivity contribution >= 4 is 22.5 Å². The number of pyridine rings is 2. The van der Waals surface area contributed by atoms with Crippen molar-refractivity contribution in [1.82, 2.24) is 19.5 Å². The number of aromatic nitrogens is 4. The number of anilines is 2. The summed E-state index contributed by atoms with van der Waals surface area (Å²) in [6.07, 6.45) is 6.39. The van der Waals surface area contributed by atoms with Crippen molar-refractivity contribution in [2.75, 3.05) is 11.9 Å². The Morgan fingerprint density at radius 1 is 1.18 bits per heavy atom. The van der Waals surface area contributed by atoms with Gasteiger partial charge in [0.1, 0.15) is 11.3 Å². The van der Waals surface area contributed by atoms with Gasteiger partial charge in [0, 0.05) is 26.7 Å². The summed E-state index contributed by atoms with van der Waals surface area (Å²) in [5, 5.41) is 0. The van der Waals surface area contributed by atoms with Crippen molar-refractivity contribution < 1.29 is 0 Å². The Hall–Kier alpha value is -2.47. The molecule has 0 fully saturated rings. The molecule has 3 rings (SSSR count). The Labute approximate surface area is 129 Å². The second-order valence-corrected chi connectivity index (χ2v) is 5.31. The van der Waals surface area contributed by atoms with E-state index in [-0.39, 0.29) is 0 Å². The third-order valence-electron chi connectivity index (χ3n) is 3.91. The molecular weight excluding hydrogens is 276 g/mol. The zero-order chi connectivity index (χ0) is 15.7. The SMILES string of the molecule is CCc1cc(CN)ncc1N(C)c1cc2c(cn1)ncn2C. The maximum atomic E-state index is 5.68. The van der Waals surface area contributed by atoms with E-state index in [9.17, 15) is 0 Å². The van der Waals surface area contributed by atoms with Crippen LogP contribution in [-0.2, 0) is 20.0 Å². The van der Waals surface area contributed by atoms with Crippen LogP contribution in [0.1, 0.15) is 18.2 Å². The van der Waals surface area contributed by atoms with E-state index < -0.39 is 0 Å². The van der Waals surface area contributed by atoms with Crippen LogP contribution in [0.2, 0.25) is 0 Å². The summed E-state index contributed by atoms with van der Waals surface area (Å²) in [4.78, 5) is 15.3. The van der Waals surface area contributed by atoms with Crippen LogP contribution in [0, 0.1) is 0 Å². The lowest BCUT2D eigenvalue weighted by Crippen LogP contribution is -2.14. The van der Waals surface area contributed by atoms with Crippen LogP contribution in [0.5, 0.6) is 0 Å². The lowest BCUT2D eigenvalue weighted by atomic mass is 10.1. The number of hydrogen-bond acceptors (Lipinski definition) is 5. The fraction of sp³-hybridized carbons (Fsp3) is 0.312. The van der Waals surface area contributed by atoms with Gasteiger partial charge in [-0.05, 0) is 18.1 Å². The van der Waals surface area contributed by atoms with Crippen molar-refractivity contribution in [2.24, 2.45) is 12.8 Å². The summed E-state index contributed by atoms with van der Waals surface area (Å²) in [6.45, 7) is 2.58. The molecule has 6 heteroatoms. The van der Waals surface area contributed by atoms with Gasteiger partial charge in [-0.25, -0.2) is 9.97 Å². The van der Waals surface area contributed by atoms with Crippen molar-refractivity contribution in [3.8, 4) is 0 Å². The third kappa shape index (κ3) is 2.42. The minimum atomic E-state index is 0.455. The summed E-state index contributed by atoms with van der Waals surface area (Å²) in [5.41, 5.74) is 10.8. The molecule has 0 saturated carbocycles. The van der Waals surface area contributed by atoms with Gasteiger partial charge in [-0.15, -0.1) is 0 Å². The van der Waals surface area contributed by atoms with Crippen molar-refractivity contribution in [3.63, 3.8) is 0 Å². The zero-order valence-corrected chi connectivity index (χ0v) is 13.1. The Bertz CT molecular complexity index is 808. The molecule has 0 aromatic carbocycles. The fourth-order valence-corrected chi connectivity index (χ4v) is 2.56. The third-order valence-corrected chi connectivity index (χ3v) is 3.91. The van der Waals surface area contributed by atoms with Crippen LogP contribution < -0.4 is 10.6 Å². The Morgan fingerprint density at radius 2 is 2.00 bits per heavy atom. The molecule has 0 aliphatic heterocycles. The molecule has 0 aliphatic carbocycles. The van der Waals surface area contributed by atoms with E-state index in [0.717, 1.165) is 34.7 Å². The second-order valence-electron chi connectivity index (χ2n) is 5.31. The summed E-state index contributed by atoms with van der Waals surface area (Å²) >= 11 is 0. The number of rotatable bonds is 4. The van der Waals surface area contributed by atoms with E-state index in [4.69, 9.17) is 5.73 Å². The molecule has 3 heterocycles. The zero-order valence-electron chi connectivity index (χ0n) is 13.1. The molecule has 3 aromatic heterocycles. The molecule has 0 saturated heterocycles. The highest BCUT2D eigenvalue weighted by atomic mass is 15.2. The summed E-state index contributed by atoms with van der Waals surface area (Å²) in [7, 11) is 3.98. The standard InChI is InChI=1S/C16H20N6/c1-4-11-5-12(7-17)18-9-15(11)22(3)16-6-14-13(8-19-16)20-10-21(14)2/h5-6,8-10H,4,7,17H2,1-3H3. The number of imidazole rings is 1. The predicted octanol–water partition coefficient (Wildman–Crippen LogP) is 2.15. The summed E-state index contributed by atoms with van der Waals surface area (Å²) in [6, 6.07) is 4.10. The van der Waals surface area contributed by atoms with Crippen molar-refractivity contribution in [3.05, 3.63) is 42.1 Å². The molecule has 114 valence electrons. The van der Waals surface area contributed by atoms with Gasteiger partial charge in [0.25, 0.3) is 0 Å². The quantitative estimate of drug-likeness (QED) is 0.798. The second kappa shape index (κ2) is 5.73. The maximum absolute atomic E-state index is 5.68. The first-order valence-corrected chi connectivity index (χ1v) is 7.32. The maximum Gasteiger partial charge on any atom is 0.134 e. The highest BCUT2D eigenvalue weighted by Gasteiger charge is 2.12. The summed E-state index contributed by atoms with van der Waals surface area (Å²) < 4.78 is 1.99. The number of aryl methyl sites for hydroxylation is 2. The number of hydrogen-bond donors (Lipinski definition) is 1. The van der Waals surface area contributed by atoms with Gasteiger partial charge in [0.15, 0.2) is 0 Å². The smallest absolute Gasteiger partial charge is 0.134 e. The van der Waals surface area contributed by atoms with Gasteiger partial charge in [-0.3, -0.25) is 4.98 Å². The monoisotopic (exact) mass is 296 g/mol. The van der Waals surface area contributed by atoms with Crippen LogP contribution in [0.3, 0.4) is 0 Å². The van der Waals surface area contributed by atoms with E-state index in [1.165, 1.54) is 5.56 Å². The average molecular weight is 296 g/mol. The van der Waals surface area contributed by atoms with E-state index in [1.54, 1.807) is 12.5 Å². The highest BCUT2D eigenvalue weighted by Crippen LogP contribution is 2.27. The average Bonchev–Trinajstić information content (AvgIpc) is 2.94. The summed E-state index contributed by atoms with van der Waals surface area (Å²) in [5.74, 6) is 0.869. The Kier molecular flexibility index (Phi) is 3.77. The normalized spacial score (nSPS) is 11.1. The molecule has 0 radical (unpaired) electrons. The minimum absolute atomic E-state index is 0.455. The first kappa shape index (κ1) is 14.5. The number of nitrogens with two attached hydrogens (primary N) is 1. The molecular formula is C16H20N6. The van der Waals surface area contributed by atoms with E-state index >= 15 is 0 Å². The van der Waals surface area contributed by atoms with Crippen LogP contribution in [0.25, 0.3) is 11.0 Å². The molecule has 0 atom stereocenters. The lowest BCUT2D eigenvalue weighted by molar-refractivity contribution is 0.945. The van der Waals surface area contributed by atoms with Crippen LogP contribution in [0.15, 0.2) is 30.9 Å². The van der Waals surface area contributed by atoms with Gasteiger partial charge < -0.3 is 15.2 Å². The van der Waals surface area contributed by atoms with E-state index in [0.29, 0.717) is 6.54 Å². The van der Waals surface area contributed by atoms with Gasteiger partial charge in [0.05, 0.1) is 35.6 Å². The van der Waals surface area contributed by atoms with Crippen LogP contribution in [-0.4, -0.2) is 26.6 Å². The molecule has 0 unspecified atom stereocenters. The van der Waals surface area contributed by atoms with Crippen molar-refractivity contribution in [2.45, 2.75) is 19.9 Å². The van der Waals surface area contributed by atoms with Gasteiger partial charge >= 0.3 is 0 Å². The topological polar surface area (TPSA) is 72.9 Å². The fourth-order valence-electron chi connectivity index (χ4n) is 2.56. The van der Waals surface area contributed by atoms with E-state index in [2.05, 4.69) is 32.8 Å². The number of fused-ring (bicyclic) bond motifs is 1. The largest absolute Gasteiger partial charge is 0.334 e. The molecule has 2 N–H and O–H groups in total. The Balaban J connectivity index is 2.04. The molecule has 0 spiro atoms. The van der Waals surface area contributed by atoms with Gasteiger partial charge in [-0.1, -0.05) is 6.92 Å². The molecule has 0 amide bonds. The molecule has 0 bridgehead atoms. The van der Waals surface area contributed by atoms with Gasteiger partial charge in [-0.2, -0.15) is 0 Å². The highest BCUT2D eigenvalue weighted by molar-refractivity contribution is 5.79.